The van der Waals surface area contributed by atoms with Gasteiger partial charge in [-0.2, -0.15) is 0 Å². The molecule has 1 aromatic rings. The molecule has 0 aliphatic carbocycles. The SMILES string of the molecule is Nc1ccc(N2C(=O)CCCC2=O)cc1Br. The average molecular weight is 283 g/mol. The molecule has 0 bridgehead atoms. The van der Waals surface area contributed by atoms with Gasteiger partial charge in [0.15, 0.2) is 0 Å². The number of nitrogens with zero attached hydrogens (tertiary/aromatic N) is 1. The second-order valence-corrected chi connectivity index (χ2v) is 4.54. The molecule has 0 unspecified atom stereocenters. The number of nitrogen functional groups attached to an aromatic ring is 1. The zero-order valence-corrected chi connectivity index (χ0v) is 10.2. The summed E-state index contributed by atoms with van der Waals surface area (Å²) in [6, 6.07) is 5.05. The van der Waals surface area contributed by atoms with Gasteiger partial charge < -0.3 is 5.73 Å². The molecule has 0 spiro atoms. The number of carbonyl (C=O) groups excluding carboxylic acids is 2. The Morgan fingerprint density at radius 2 is 1.81 bits per heavy atom. The molecule has 0 saturated carbocycles. The van der Waals surface area contributed by atoms with Crippen LogP contribution in [0.3, 0.4) is 0 Å². The van der Waals surface area contributed by atoms with E-state index in [1.807, 2.05) is 0 Å². The van der Waals surface area contributed by atoms with Gasteiger partial charge in [-0.3, -0.25) is 14.5 Å². The van der Waals surface area contributed by atoms with Crippen molar-refractivity contribution in [1.82, 2.24) is 0 Å². The summed E-state index contributed by atoms with van der Waals surface area (Å²) in [5, 5.41) is 0. The van der Waals surface area contributed by atoms with E-state index in [0.29, 0.717) is 35.1 Å². The van der Waals surface area contributed by atoms with Crippen LogP contribution >= 0.6 is 15.9 Å². The van der Waals surface area contributed by atoms with Crippen molar-refractivity contribution in [3.8, 4) is 0 Å². The molecule has 1 fully saturated rings. The Kier molecular flexibility index (Phi) is 2.96. The van der Waals surface area contributed by atoms with Crippen molar-refractivity contribution in [2.24, 2.45) is 0 Å². The topological polar surface area (TPSA) is 63.4 Å². The zero-order chi connectivity index (χ0) is 11.7. The zero-order valence-electron chi connectivity index (χ0n) is 8.57. The highest BCUT2D eigenvalue weighted by Crippen LogP contribution is 2.28. The molecule has 1 heterocycles. The van der Waals surface area contributed by atoms with Gasteiger partial charge in [-0.1, -0.05) is 0 Å². The lowest BCUT2D eigenvalue weighted by molar-refractivity contribution is -0.129. The highest BCUT2D eigenvalue weighted by atomic mass is 79.9. The maximum atomic E-state index is 11.7. The van der Waals surface area contributed by atoms with E-state index < -0.39 is 0 Å². The van der Waals surface area contributed by atoms with Crippen molar-refractivity contribution in [2.45, 2.75) is 19.3 Å². The van der Waals surface area contributed by atoms with Crippen molar-refractivity contribution in [1.29, 1.82) is 0 Å². The van der Waals surface area contributed by atoms with E-state index in [9.17, 15) is 9.59 Å². The molecule has 2 N–H and O–H groups in total. The maximum Gasteiger partial charge on any atom is 0.233 e. The summed E-state index contributed by atoms with van der Waals surface area (Å²) in [7, 11) is 0. The Labute approximate surface area is 102 Å². The van der Waals surface area contributed by atoms with Crippen molar-refractivity contribution in [3.05, 3.63) is 22.7 Å². The standard InChI is InChI=1S/C11H11BrN2O2/c12-8-6-7(4-5-9(8)13)14-10(15)2-1-3-11(14)16/h4-6H,1-3,13H2. The van der Waals surface area contributed by atoms with Crippen molar-refractivity contribution in [3.63, 3.8) is 0 Å². The van der Waals surface area contributed by atoms with Crippen molar-refractivity contribution in [2.75, 3.05) is 10.6 Å². The van der Waals surface area contributed by atoms with Gasteiger partial charge in [0, 0.05) is 23.0 Å². The molecule has 1 aliphatic heterocycles. The number of amides is 2. The van der Waals surface area contributed by atoms with Crippen LogP contribution in [0.25, 0.3) is 0 Å². The lowest BCUT2D eigenvalue weighted by Gasteiger charge is -2.25. The molecule has 5 heteroatoms. The molecule has 0 aromatic heterocycles. The van der Waals surface area contributed by atoms with Crippen molar-refractivity contribution < 1.29 is 9.59 Å². The first-order valence-electron chi connectivity index (χ1n) is 5.00. The van der Waals surface area contributed by atoms with Gasteiger partial charge in [0.1, 0.15) is 0 Å². The first-order valence-corrected chi connectivity index (χ1v) is 5.79. The van der Waals surface area contributed by atoms with Crippen LogP contribution in [-0.2, 0) is 9.59 Å². The minimum absolute atomic E-state index is 0.145. The number of piperidine rings is 1. The molecule has 2 amide bonds. The van der Waals surface area contributed by atoms with Gasteiger partial charge >= 0.3 is 0 Å². The van der Waals surface area contributed by atoms with Crippen LogP contribution in [0.15, 0.2) is 22.7 Å². The molecule has 16 heavy (non-hydrogen) atoms. The maximum absolute atomic E-state index is 11.7. The number of hydrogen-bond donors (Lipinski definition) is 1. The number of imide groups is 1. The first-order chi connectivity index (χ1) is 7.59. The van der Waals surface area contributed by atoms with Crippen LogP contribution in [0.4, 0.5) is 11.4 Å². The highest BCUT2D eigenvalue weighted by molar-refractivity contribution is 9.10. The van der Waals surface area contributed by atoms with Crippen LogP contribution in [-0.4, -0.2) is 11.8 Å². The van der Waals surface area contributed by atoms with Crippen LogP contribution in [0.1, 0.15) is 19.3 Å². The van der Waals surface area contributed by atoms with E-state index in [4.69, 9.17) is 5.73 Å². The Morgan fingerprint density at radius 3 is 2.38 bits per heavy atom. The smallest absolute Gasteiger partial charge is 0.233 e. The molecule has 1 aromatic carbocycles. The van der Waals surface area contributed by atoms with Gasteiger partial charge in [-0.05, 0) is 40.5 Å². The van der Waals surface area contributed by atoms with E-state index in [2.05, 4.69) is 15.9 Å². The summed E-state index contributed by atoms with van der Waals surface area (Å²) in [5.74, 6) is -0.291. The lowest BCUT2D eigenvalue weighted by atomic mass is 10.1. The number of benzene rings is 1. The molecule has 84 valence electrons. The predicted molar refractivity (Wildman–Crippen MR) is 64.9 cm³/mol. The fourth-order valence-electron chi connectivity index (χ4n) is 1.70. The van der Waals surface area contributed by atoms with Crippen LogP contribution < -0.4 is 10.6 Å². The Morgan fingerprint density at radius 1 is 1.19 bits per heavy atom. The van der Waals surface area contributed by atoms with Crippen LogP contribution in [0, 0.1) is 0 Å². The molecular formula is C11H11BrN2O2. The summed E-state index contributed by atoms with van der Waals surface area (Å²) >= 11 is 3.28. The van der Waals surface area contributed by atoms with Gasteiger partial charge in [-0.15, -0.1) is 0 Å². The van der Waals surface area contributed by atoms with Crippen LogP contribution in [0.2, 0.25) is 0 Å². The number of hydrogen-bond acceptors (Lipinski definition) is 3. The molecule has 0 atom stereocenters. The van der Waals surface area contributed by atoms with E-state index in [-0.39, 0.29) is 11.8 Å². The van der Waals surface area contributed by atoms with E-state index in [1.165, 1.54) is 4.90 Å². The fraction of sp³-hybridized carbons (Fsp3) is 0.273. The summed E-state index contributed by atoms with van der Waals surface area (Å²) in [6.45, 7) is 0. The van der Waals surface area contributed by atoms with Gasteiger partial charge in [0.05, 0.1) is 5.69 Å². The lowest BCUT2D eigenvalue weighted by Crippen LogP contribution is -2.40. The first kappa shape index (κ1) is 11.1. The highest BCUT2D eigenvalue weighted by Gasteiger charge is 2.27. The second kappa shape index (κ2) is 4.25. The van der Waals surface area contributed by atoms with Crippen LogP contribution in [0.5, 0.6) is 0 Å². The third-order valence-electron chi connectivity index (χ3n) is 2.52. The van der Waals surface area contributed by atoms with Gasteiger partial charge in [0.25, 0.3) is 0 Å². The molecule has 4 nitrogen and oxygen atoms in total. The van der Waals surface area contributed by atoms with E-state index in [0.717, 1.165) is 0 Å². The number of halogens is 1. The third kappa shape index (κ3) is 1.95. The van der Waals surface area contributed by atoms with Gasteiger partial charge in [0.2, 0.25) is 11.8 Å². The fourth-order valence-corrected chi connectivity index (χ4v) is 2.06. The molecular weight excluding hydrogens is 272 g/mol. The minimum atomic E-state index is -0.145. The van der Waals surface area contributed by atoms with E-state index >= 15 is 0 Å². The molecule has 1 aliphatic rings. The Bertz CT molecular complexity index is 443. The predicted octanol–water partition coefficient (Wildman–Crippen LogP) is 2.07. The molecule has 1 saturated heterocycles. The number of rotatable bonds is 1. The Hall–Kier alpha value is -1.36. The largest absolute Gasteiger partial charge is 0.398 e. The Balaban J connectivity index is 2.38. The van der Waals surface area contributed by atoms with Gasteiger partial charge in [-0.25, -0.2) is 0 Å². The molecule has 2 rings (SSSR count). The summed E-state index contributed by atoms with van der Waals surface area (Å²) in [5.41, 5.74) is 6.82. The molecule has 0 radical (unpaired) electrons. The quantitative estimate of drug-likeness (QED) is 0.634. The number of carbonyl (C=O) groups is 2. The minimum Gasteiger partial charge on any atom is -0.398 e. The monoisotopic (exact) mass is 282 g/mol. The number of nitrogens with two attached hydrogens (primary N) is 1. The third-order valence-corrected chi connectivity index (χ3v) is 3.21. The van der Waals surface area contributed by atoms with Crippen molar-refractivity contribution >= 4 is 39.1 Å². The summed E-state index contributed by atoms with van der Waals surface area (Å²) < 4.78 is 0.691. The van der Waals surface area contributed by atoms with E-state index in [1.54, 1.807) is 18.2 Å². The second-order valence-electron chi connectivity index (χ2n) is 3.68. The summed E-state index contributed by atoms with van der Waals surface area (Å²) in [6.07, 6.45) is 1.49. The normalized spacial score (nSPS) is 16.7. The summed E-state index contributed by atoms with van der Waals surface area (Å²) in [4.78, 5) is 24.5. The average Bonchev–Trinajstić information content (AvgIpc) is 2.23. The number of anilines is 2.